The van der Waals surface area contributed by atoms with E-state index in [1.807, 2.05) is 36.4 Å². The van der Waals surface area contributed by atoms with Crippen molar-refractivity contribution in [1.29, 1.82) is 0 Å². The topological polar surface area (TPSA) is 67.5 Å². The molecule has 0 radical (unpaired) electrons. The van der Waals surface area contributed by atoms with E-state index in [-0.39, 0.29) is 19.0 Å². The molecule has 2 rings (SSSR count). The van der Waals surface area contributed by atoms with Gasteiger partial charge in [0.1, 0.15) is 18.5 Å². The summed E-state index contributed by atoms with van der Waals surface area (Å²) in [5.41, 5.74) is 6.77. The summed E-state index contributed by atoms with van der Waals surface area (Å²) in [6, 6.07) is 14.2. The number of nitrogens with two attached hydrogens (primary N) is 1. The average molecular weight is 392 g/mol. The Morgan fingerprint density at radius 1 is 1.12 bits per heavy atom. The standard InChI is InChI=1S/C17H20Cl2N2O2.ClH/c18-12-6-7-16(14(19)10-12)21-9-8-15(20)17(22)11-23-13-4-2-1-3-5-13;/h1-7,10,15,17,21-22H,8-9,11,20H2;1H. The molecule has 0 aromatic heterocycles. The number of nitrogens with one attached hydrogen (secondary N) is 1. The van der Waals surface area contributed by atoms with Crippen LogP contribution in [0.2, 0.25) is 10.0 Å². The van der Waals surface area contributed by atoms with Gasteiger partial charge >= 0.3 is 0 Å². The van der Waals surface area contributed by atoms with Crippen LogP contribution in [-0.2, 0) is 0 Å². The van der Waals surface area contributed by atoms with E-state index < -0.39 is 12.1 Å². The molecule has 0 aliphatic heterocycles. The highest BCUT2D eigenvalue weighted by molar-refractivity contribution is 6.36. The molecule has 4 nitrogen and oxygen atoms in total. The smallest absolute Gasteiger partial charge is 0.119 e. The first kappa shape index (κ1) is 20.9. The number of ether oxygens (including phenoxy) is 1. The number of hydrogen-bond donors (Lipinski definition) is 3. The van der Waals surface area contributed by atoms with Gasteiger partial charge in [0.25, 0.3) is 0 Å². The Morgan fingerprint density at radius 2 is 1.83 bits per heavy atom. The third-order valence-corrected chi connectivity index (χ3v) is 3.93. The van der Waals surface area contributed by atoms with E-state index in [1.165, 1.54) is 0 Å². The van der Waals surface area contributed by atoms with Crippen molar-refractivity contribution in [2.24, 2.45) is 5.73 Å². The highest BCUT2D eigenvalue weighted by atomic mass is 35.5. The third kappa shape index (κ3) is 6.75. The zero-order chi connectivity index (χ0) is 16.7. The Morgan fingerprint density at radius 3 is 2.50 bits per heavy atom. The largest absolute Gasteiger partial charge is 0.491 e. The van der Waals surface area contributed by atoms with Crippen LogP contribution in [0.25, 0.3) is 0 Å². The lowest BCUT2D eigenvalue weighted by Gasteiger charge is -2.20. The summed E-state index contributed by atoms with van der Waals surface area (Å²) in [6.07, 6.45) is -0.157. The van der Waals surface area contributed by atoms with Crippen LogP contribution in [-0.4, -0.2) is 30.4 Å². The van der Waals surface area contributed by atoms with Crippen molar-refractivity contribution in [2.45, 2.75) is 18.6 Å². The molecule has 132 valence electrons. The Hall–Kier alpha value is -1.17. The fourth-order valence-electron chi connectivity index (χ4n) is 2.02. The van der Waals surface area contributed by atoms with E-state index in [1.54, 1.807) is 12.1 Å². The summed E-state index contributed by atoms with van der Waals surface area (Å²) in [7, 11) is 0. The monoisotopic (exact) mass is 390 g/mol. The fraction of sp³-hybridized carbons (Fsp3) is 0.294. The molecule has 4 N–H and O–H groups in total. The minimum atomic E-state index is -0.738. The first-order chi connectivity index (χ1) is 11.1. The van der Waals surface area contributed by atoms with Crippen LogP contribution in [0.3, 0.4) is 0 Å². The van der Waals surface area contributed by atoms with Gasteiger partial charge in [-0.25, -0.2) is 0 Å². The predicted octanol–water partition coefficient (Wildman–Crippen LogP) is 3.98. The normalized spacial score (nSPS) is 12.8. The zero-order valence-electron chi connectivity index (χ0n) is 13.0. The Balaban J connectivity index is 0.00000288. The van der Waals surface area contributed by atoms with E-state index in [9.17, 15) is 5.11 Å². The van der Waals surface area contributed by atoms with Crippen molar-refractivity contribution in [3.63, 3.8) is 0 Å². The lowest BCUT2D eigenvalue weighted by atomic mass is 10.1. The summed E-state index contributed by atoms with van der Waals surface area (Å²) in [4.78, 5) is 0. The summed E-state index contributed by atoms with van der Waals surface area (Å²) in [5, 5.41) is 14.4. The molecule has 0 heterocycles. The fourth-order valence-corrected chi connectivity index (χ4v) is 2.50. The maximum absolute atomic E-state index is 10.0. The number of para-hydroxylation sites is 1. The maximum Gasteiger partial charge on any atom is 0.119 e. The second kappa shape index (κ2) is 10.6. The molecule has 0 bridgehead atoms. The van der Waals surface area contributed by atoms with Crippen LogP contribution in [0.4, 0.5) is 5.69 Å². The van der Waals surface area contributed by atoms with Gasteiger partial charge in [-0.1, -0.05) is 41.4 Å². The van der Waals surface area contributed by atoms with Gasteiger partial charge in [0.2, 0.25) is 0 Å². The van der Waals surface area contributed by atoms with Crippen LogP contribution in [0.5, 0.6) is 5.75 Å². The Kier molecular flexibility index (Phi) is 9.26. The molecule has 2 aromatic carbocycles. The van der Waals surface area contributed by atoms with Crippen molar-refractivity contribution in [3.05, 3.63) is 58.6 Å². The molecule has 0 aliphatic carbocycles. The van der Waals surface area contributed by atoms with Gasteiger partial charge in [-0.3, -0.25) is 0 Å². The number of aliphatic hydroxyl groups excluding tert-OH is 1. The third-order valence-electron chi connectivity index (χ3n) is 3.38. The minimum absolute atomic E-state index is 0. The van der Waals surface area contributed by atoms with Gasteiger partial charge in [-0.05, 0) is 36.8 Å². The average Bonchev–Trinajstić information content (AvgIpc) is 2.55. The summed E-state index contributed by atoms with van der Waals surface area (Å²) >= 11 is 11.9. The number of benzene rings is 2. The van der Waals surface area contributed by atoms with Crippen molar-refractivity contribution in [1.82, 2.24) is 0 Å². The highest BCUT2D eigenvalue weighted by Gasteiger charge is 2.15. The molecule has 0 spiro atoms. The van der Waals surface area contributed by atoms with E-state index in [2.05, 4.69) is 5.32 Å². The zero-order valence-corrected chi connectivity index (χ0v) is 15.3. The minimum Gasteiger partial charge on any atom is -0.491 e. The molecular formula is C17H21Cl3N2O2. The van der Waals surface area contributed by atoms with Crippen molar-refractivity contribution < 1.29 is 9.84 Å². The van der Waals surface area contributed by atoms with Crippen molar-refractivity contribution >= 4 is 41.3 Å². The van der Waals surface area contributed by atoms with E-state index in [4.69, 9.17) is 33.7 Å². The molecule has 7 heteroatoms. The molecule has 2 aromatic rings. The lowest BCUT2D eigenvalue weighted by molar-refractivity contribution is 0.0836. The molecule has 0 fully saturated rings. The summed E-state index contributed by atoms with van der Waals surface area (Å²) in [5.74, 6) is 0.713. The van der Waals surface area contributed by atoms with Crippen molar-refractivity contribution in [3.8, 4) is 5.75 Å². The molecule has 0 amide bonds. The van der Waals surface area contributed by atoms with Crippen LogP contribution in [0, 0.1) is 0 Å². The molecule has 0 saturated heterocycles. The van der Waals surface area contributed by atoms with Gasteiger partial charge in [0.15, 0.2) is 0 Å². The predicted molar refractivity (Wildman–Crippen MR) is 103 cm³/mol. The SMILES string of the molecule is Cl.NC(CCNc1ccc(Cl)cc1Cl)C(O)COc1ccccc1. The van der Waals surface area contributed by atoms with Gasteiger partial charge in [-0.2, -0.15) is 0 Å². The number of halogens is 3. The highest BCUT2D eigenvalue weighted by Crippen LogP contribution is 2.25. The lowest BCUT2D eigenvalue weighted by Crippen LogP contribution is -2.40. The van der Waals surface area contributed by atoms with E-state index in [0.717, 1.165) is 5.69 Å². The molecule has 24 heavy (non-hydrogen) atoms. The van der Waals surface area contributed by atoms with Gasteiger partial charge in [0, 0.05) is 17.6 Å². The number of rotatable bonds is 8. The van der Waals surface area contributed by atoms with Gasteiger partial charge < -0.3 is 20.9 Å². The number of anilines is 1. The molecule has 0 aliphatic rings. The number of hydrogen-bond acceptors (Lipinski definition) is 4. The molecular weight excluding hydrogens is 371 g/mol. The van der Waals surface area contributed by atoms with E-state index in [0.29, 0.717) is 28.8 Å². The first-order valence-electron chi connectivity index (χ1n) is 7.36. The van der Waals surface area contributed by atoms with Crippen LogP contribution in [0.15, 0.2) is 48.5 Å². The van der Waals surface area contributed by atoms with Crippen molar-refractivity contribution in [2.75, 3.05) is 18.5 Å². The second-order valence-electron chi connectivity index (χ2n) is 5.19. The second-order valence-corrected chi connectivity index (χ2v) is 6.04. The van der Waals surface area contributed by atoms with Crippen LogP contribution >= 0.6 is 35.6 Å². The van der Waals surface area contributed by atoms with Crippen LogP contribution in [0.1, 0.15) is 6.42 Å². The number of aliphatic hydroxyl groups is 1. The van der Waals surface area contributed by atoms with E-state index >= 15 is 0 Å². The molecule has 2 atom stereocenters. The van der Waals surface area contributed by atoms with Gasteiger partial charge in [-0.15, -0.1) is 12.4 Å². The summed E-state index contributed by atoms with van der Waals surface area (Å²) < 4.78 is 5.50. The first-order valence-corrected chi connectivity index (χ1v) is 8.12. The quantitative estimate of drug-likeness (QED) is 0.636. The molecule has 0 saturated carbocycles. The summed E-state index contributed by atoms with van der Waals surface area (Å²) in [6.45, 7) is 0.748. The van der Waals surface area contributed by atoms with Crippen LogP contribution < -0.4 is 15.8 Å². The Bertz CT molecular complexity index is 614. The molecule has 2 unspecified atom stereocenters. The Labute approximate surface area is 158 Å². The maximum atomic E-state index is 10.0. The van der Waals surface area contributed by atoms with Gasteiger partial charge in [0.05, 0.1) is 10.7 Å².